The van der Waals surface area contributed by atoms with Gasteiger partial charge < -0.3 is 4.90 Å². The highest BCUT2D eigenvalue weighted by molar-refractivity contribution is 4.91. The van der Waals surface area contributed by atoms with Crippen LogP contribution in [0.3, 0.4) is 0 Å². The molecule has 0 N–H and O–H groups in total. The molecule has 1 heteroatoms. The molecule has 2 aliphatic rings. The van der Waals surface area contributed by atoms with E-state index in [1.165, 1.54) is 25.9 Å². The Hall–Kier alpha value is -0.0400. The molecular formula is C11H21N. The van der Waals surface area contributed by atoms with Gasteiger partial charge in [-0.25, -0.2) is 0 Å². The van der Waals surface area contributed by atoms with Crippen LogP contribution in [0, 0.1) is 23.7 Å². The van der Waals surface area contributed by atoms with E-state index in [0.29, 0.717) is 0 Å². The third-order valence-corrected chi connectivity index (χ3v) is 4.12. The van der Waals surface area contributed by atoms with Crippen molar-refractivity contribution in [3.05, 3.63) is 0 Å². The Morgan fingerprint density at radius 2 is 1.75 bits per heavy atom. The molecule has 0 aromatic carbocycles. The van der Waals surface area contributed by atoms with Gasteiger partial charge in [0.05, 0.1) is 0 Å². The van der Waals surface area contributed by atoms with E-state index >= 15 is 0 Å². The van der Waals surface area contributed by atoms with Crippen molar-refractivity contribution in [2.75, 3.05) is 20.1 Å². The summed E-state index contributed by atoms with van der Waals surface area (Å²) in [4.78, 5) is 2.51. The van der Waals surface area contributed by atoms with Gasteiger partial charge in [-0.05, 0) is 50.1 Å². The van der Waals surface area contributed by atoms with Crippen LogP contribution in [0.2, 0.25) is 0 Å². The second-order valence-corrected chi connectivity index (χ2v) is 5.07. The van der Waals surface area contributed by atoms with Crippen molar-refractivity contribution >= 4 is 0 Å². The summed E-state index contributed by atoms with van der Waals surface area (Å²) in [5.41, 5.74) is 0. The quantitative estimate of drug-likeness (QED) is 0.535. The van der Waals surface area contributed by atoms with Crippen LogP contribution in [0.25, 0.3) is 0 Å². The number of hydrogen-bond donors (Lipinski definition) is 0. The maximum absolute atomic E-state index is 2.51. The normalized spacial score (nSPS) is 49.2. The van der Waals surface area contributed by atoms with E-state index < -0.39 is 0 Å². The second-order valence-electron chi connectivity index (χ2n) is 5.07. The van der Waals surface area contributed by atoms with E-state index in [0.717, 1.165) is 23.7 Å². The molecule has 1 aliphatic heterocycles. The first-order valence-electron chi connectivity index (χ1n) is 5.37. The predicted molar refractivity (Wildman–Crippen MR) is 52.0 cm³/mol. The first-order chi connectivity index (χ1) is 5.68. The zero-order valence-electron chi connectivity index (χ0n) is 8.59. The smallest absolute Gasteiger partial charge is 0.00119 e. The fraction of sp³-hybridized carbons (Fsp3) is 1.00. The average molecular weight is 167 g/mol. The van der Waals surface area contributed by atoms with E-state index in [4.69, 9.17) is 0 Å². The molecule has 1 nitrogen and oxygen atoms in total. The number of likely N-dealkylation sites (tertiary alicyclic amines) is 1. The lowest BCUT2D eigenvalue weighted by atomic mass is 9.82. The third kappa shape index (κ3) is 1.28. The zero-order valence-corrected chi connectivity index (χ0v) is 8.59. The van der Waals surface area contributed by atoms with Crippen LogP contribution in [0.5, 0.6) is 0 Å². The monoisotopic (exact) mass is 167 g/mol. The highest BCUT2D eigenvalue weighted by Gasteiger charge is 2.40. The SMILES string of the molecule is CC1CC(C)C2CN(C)CCC12. The average Bonchev–Trinajstić information content (AvgIpc) is 2.28. The van der Waals surface area contributed by atoms with Crippen LogP contribution >= 0.6 is 0 Å². The molecule has 0 bridgehead atoms. The second kappa shape index (κ2) is 3.02. The minimum absolute atomic E-state index is 0.979. The summed E-state index contributed by atoms with van der Waals surface area (Å²) >= 11 is 0. The van der Waals surface area contributed by atoms with Crippen LogP contribution in [0.1, 0.15) is 26.7 Å². The molecule has 0 spiro atoms. The van der Waals surface area contributed by atoms with Gasteiger partial charge in [-0.15, -0.1) is 0 Å². The first-order valence-corrected chi connectivity index (χ1v) is 5.37. The Morgan fingerprint density at radius 3 is 2.50 bits per heavy atom. The zero-order chi connectivity index (χ0) is 8.72. The van der Waals surface area contributed by atoms with Crippen molar-refractivity contribution in [3.8, 4) is 0 Å². The van der Waals surface area contributed by atoms with E-state index in [1.54, 1.807) is 0 Å². The molecule has 1 heterocycles. The number of piperidine rings is 1. The van der Waals surface area contributed by atoms with Crippen molar-refractivity contribution in [3.63, 3.8) is 0 Å². The Labute approximate surface area is 76.1 Å². The van der Waals surface area contributed by atoms with E-state index in [1.807, 2.05) is 0 Å². The van der Waals surface area contributed by atoms with Crippen LogP contribution in [0.15, 0.2) is 0 Å². The van der Waals surface area contributed by atoms with Crippen LogP contribution in [-0.2, 0) is 0 Å². The van der Waals surface area contributed by atoms with Gasteiger partial charge in [0.25, 0.3) is 0 Å². The first kappa shape index (κ1) is 8.55. The molecule has 2 fully saturated rings. The highest BCUT2D eigenvalue weighted by Crippen LogP contribution is 2.45. The van der Waals surface area contributed by atoms with Crippen molar-refractivity contribution < 1.29 is 0 Å². The molecule has 0 radical (unpaired) electrons. The van der Waals surface area contributed by atoms with Crippen molar-refractivity contribution in [2.24, 2.45) is 23.7 Å². The number of hydrogen-bond acceptors (Lipinski definition) is 1. The molecule has 2 rings (SSSR count). The van der Waals surface area contributed by atoms with Gasteiger partial charge in [0.15, 0.2) is 0 Å². The molecule has 70 valence electrons. The minimum Gasteiger partial charge on any atom is -0.306 e. The largest absolute Gasteiger partial charge is 0.306 e. The summed E-state index contributed by atoms with van der Waals surface area (Å²) in [5, 5.41) is 0. The van der Waals surface area contributed by atoms with Gasteiger partial charge in [0.2, 0.25) is 0 Å². The highest BCUT2D eigenvalue weighted by atomic mass is 15.1. The maximum atomic E-state index is 2.51. The standard InChI is InChI=1S/C11H21N/c1-8-6-9(2)11-7-12(3)5-4-10(8)11/h8-11H,4-7H2,1-3H3. The molecule has 4 unspecified atom stereocenters. The van der Waals surface area contributed by atoms with Crippen molar-refractivity contribution in [1.29, 1.82) is 0 Å². The van der Waals surface area contributed by atoms with Crippen LogP contribution < -0.4 is 0 Å². The summed E-state index contributed by atoms with van der Waals surface area (Å²) in [5.74, 6) is 4.04. The summed E-state index contributed by atoms with van der Waals surface area (Å²) in [6.07, 6.45) is 2.93. The Bertz CT molecular complexity index is 166. The lowest BCUT2D eigenvalue weighted by Gasteiger charge is -2.35. The molecule has 0 amide bonds. The van der Waals surface area contributed by atoms with Crippen molar-refractivity contribution in [1.82, 2.24) is 4.90 Å². The number of fused-ring (bicyclic) bond motifs is 1. The molecule has 0 aromatic rings. The fourth-order valence-electron chi connectivity index (χ4n) is 3.41. The van der Waals surface area contributed by atoms with Gasteiger partial charge in [0.1, 0.15) is 0 Å². The summed E-state index contributed by atoms with van der Waals surface area (Å²) in [7, 11) is 2.27. The van der Waals surface area contributed by atoms with Crippen molar-refractivity contribution in [2.45, 2.75) is 26.7 Å². The lowest BCUT2D eigenvalue weighted by Crippen LogP contribution is -2.38. The number of nitrogens with zero attached hydrogens (tertiary/aromatic N) is 1. The molecule has 12 heavy (non-hydrogen) atoms. The molecule has 4 atom stereocenters. The Balaban J connectivity index is 2.07. The van der Waals surface area contributed by atoms with E-state index in [9.17, 15) is 0 Å². The summed E-state index contributed by atoms with van der Waals surface area (Å²) in [6.45, 7) is 7.58. The summed E-state index contributed by atoms with van der Waals surface area (Å²) < 4.78 is 0. The van der Waals surface area contributed by atoms with Gasteiger partial charge in [-0.3, -0.25) is 0 Å². The topological polar surface area (TPSA) is 3.24 Å². The summed E-state index contributed by atoms with van der Waals surface area (Å²) in [6, 6.07) is 0. The van der Waals surface area contributed by atoms with Gasteiger partial charge in [-0.1, -0.05) is 13.8 Å². The Morgan fingerprint density at radius 1 is 1.08 bits per heavy atom. The number of rotatable bonds is 0. The third-order valence-electron chi connectivity index (χ3n) is 4.12. The minimum atomic E-state index is 0.979. The molecular weight excluding hydrogens is 146 g/mol. The van der Waals surface area contributed by atoms with Crippen LogP contribution in [0.4, 0.5) is 0 Å². The predicted octanol–water partition coefficient (Wildman–Crippen LogP) is 2.23. The lowest BCUT2D eigenvalue weighted by molar-refractivity contribution is 0.130. The Kier molecular flexibility index (Phi) is 2.16. The van der Waals surface area contributed by atoms with Gasteiger partial charge >= 0.3 is 0 Å². The molecule has 1 aliphatic carbocycles. The molecule has 1 saturated heterocycles. The van der Waals surface area contributed by atoms with E-state index in [2.05, 4.69) is 25.8 Å². The van der Waals surface area contributed by atoms with E-state index in [-0.39, 0.29) is 0 Å². The van der Waals surface area contributed by atoms with Crippen LogP contribution in [-0.4, -0.2) is 25.0 Å². The van der Waals surface area contributed by atoms with Gasteiger partial charge in [-0.2, -0.15) is 0 Å². The molecule has 0 aromatic heterocycles. The molecule has 1 saturated carbocycles. The fourth-order valence-corrected chi connectivity index (χ4v) is 3.41. The maximum Gasteiger partial charge on any atom is 0.00119 e. The van der Waals surface area contributed by atoms with Gasteiger partial charge in [0, 0.05) is 6.54 Å².